The van der Waals surface area contributed by atoms with Crippen molar-refractivity contribution in [1.29, 1.82) is 0 Å². The molecule has 0 aromatic heterocycles. The van der Waals surface area contributed by atoms with E-state index in [1.165, 1.54) is 6.42 Å². The van der Waals surface area contributed by atoms with Gasteiger partial charge in [0.15, 0.2) is 0 Å². The summed E-state index contributed by atoms with van der Waals surface area (Å²) in [6.07, 6.45) is 4.30. The zero-order valence-corrected chi connectivity index (χ0v) is 8.47. The Morgan fingerprint density at radius 2 is 2.31 bits per heavy atom. The normalized spacial score (nSPS) is 21.0. The monoisotopic (exact) mass is 185 g/mol. The van der Waals surface area contributed by atoms with Crippen molar-refractivity contribution in [3.8, 4) is 0 Å². The van der Waals surface area contributed by atoms with Crippen molar-refractivity contribution in [2.45, 2.75) is 38.2 Å². The number of ether oxygens (including phenoxy) is 1. The Labute approximate surface area is 79.5 Å². The van der Waals surface area contributed by atoms with E-state index < -0.39 is 0 Å². The van der Waals surface area contributed by atoms with Crippen LogP contribution in [0.1, 0.15) is 32.6 Å². The van der Waals surface area contributed by atoms with Crippen molar-refractivity contribution in [3.05, 3.63) is 0 Å². The highest BCUT2D eigenvalue weighted by Gasteiger charge is 2.37. The average Bonchev–Trinajstić information content (AvgIpc) is 2.09. The van der Waals surface area contributed by atoms with Crippen molar-refractivity contribution in [1.82, 2.24) is 5.43 Å². The Kier molecular flexibility index (Phi) is 3.69. The first-order valence-corrected chi connectivity index (χ1v) is 4.81. The standard InChI is InChI=1S/C9H19N3O/c1-3-11-8(12-10)7-9(13-2)5-4-6-9/h3-7,10H2,1-2H3,(H,11,12). The summed E-state index contributed by atoms with van der Waals surface area (Å²) >= 11 is 0. The van der Waals surface area contributed by atoms with Crippen LogP contribution in [0.5, 0.6) is 0 Å². The second kappa shape index (κ2) is 4.58. The van der Waals surface area contributed by atoms with Crippen LogP contribution < -0.4 is 11.3 Å². The largest absolute Gasteiger partial charge is 0.378 e. The zero-order chi connectivity index (χ0) is 9.73. The molecule has 0 aromatic rings. The molecule has 13 heavy (non-hydrogen) atoms. The molecule has 0 bridgehead atoms. The van der Waals surface area contributed by atoms with Gasteiger partial charge in [-0.3, -0.25) is 4.99 Å². The molecule has 0 unspecified atom stereocenters. The summed E-state index contributed by atoms with van der Waals surface area (Å²) in [7, 11) is 1.76. The molecule has 0 saturated heterocycles. The quantitative estimate of drug-likeness (QED) is 0.295. The van der Waals surface area contributed by atoms with E-state index in [0.717, 1.165) is 31.6 Å². The number of rotatable bonds is 4. The second-order valence-electron chi connectivity index (χ2n) is 3.48. The molecular weight excluding hydrogens is 166 g/mol. The lowest BCUT2D eigenvalue weighted by molar-refractivity contribution is -0.0658. The van der Waals surface area contributed by atoms with Gasteiger partial charge in [-0.2, -0.15) is 0 Å². The van der Waals surface area contributed by atoms with Crippen LogP contribution in [0.25, 0.3) is 0 Å². The number of hydrogen-bond acceptors (Lipinski definition) is 3. The molecule has 0 amide bonds. The fraction of sp³-hybridized carbons (Fsp3) is 0.889. The molecule has 4 heteroatoms. The predicted molar refractivity (Wildman–Crippen MR) is 53.5 cm³/mol. The molecule has 0 radical (unpaired) electrons. The van der Waals surface area contributed by atoms with Crippen LogP contribution in [0, 0.1) is 0 Å². The van der Waals surface area contributed by atoms with Crippen molar-refractivity contribution in [2.24, 2.45) is 10.8 Å². The summed E-state index contributed by atoms with van der Waals surface area (Å²) in [5.41, 5.74) is 2.65. The molecule has 76 valence electrons. The molecule has 3 N–H and O–H groups in total. The van der Waals surface area contributed by atoms with Crippen LogP contribution in [0.4, 0.5) is 0 Å². The lowest BCUT2D eigenvalue weighted by Crippen LogP contribution is -2.45. The average molecular weight is 185 g/mol. The van der Waals surface area contributed by atoms with Crippen molar-refractivity contribution < 1.29 is 4.74 Å². The van der Waals surface area contributed by atoms with Gasteiger partial charge in [-0.1, -0.05) is 0 Å². The van der Waals surface area contributed by atoms with E-state index in [9.17, 15) is 0 Å². The maximum absolute atomic E-state index is 5.48. The first-order chi connectivity index (χ1) is 6.26. The van der Waals surface area contributed by atoms with Gasteiger partial charge in [0.1, 0.15) is 5.84 Å². The Morgan fingerprint density at radius 1 is 1.62 bits per heavy atom. The van der Waals surface area contributed by atoms with Crippen LogP contribution in [0.15, 0.2) is 4.99 Å². The van der Waals surface area contributed by atoms with E-state index in [-0.39, 0.29) is 5.60 Å². The van der Waals surface area contributed by atoms with E-state index in [0.29, 0.717) is 0 Å². The lowest BCUT2D eigenvalue weighted by atomic mass is 9.77. The summed E-state index contributed by atoms with van der Waals surface area (Å²) < 4.78 is 5.48. The van der Waals surface area contributed by atoms with E-state index in [4.69, 9.17) is 10.6 Å². The molecular formula is C9H19N3O. The molecule has 1 aliphatic rings. The first-order valence-electron chi connectivity index (χ1n) is 4.81. The molecule has 0 heterocycles. The van der Waals surface area contributed by atoms with E-state index in [1.807, 2.05) is 6.92 Å². The number of nitrogens with one attached hydrogen (secondary N) is 1. The molecule has 4 nitrogen and oxygen atoms in total. The topological polar surface area (TPSA) is 59.6 Å². The van der Waals surface area contributed by atoms with E-state index >= 15 is 0 Å². The van der Waals surface area contributed by atoms with E-state index in [1.54, 1.807) is 7.11 Å². The van der Waals surface area contributed by atoms with Crippen molar-refractivity contribution in [3.63, 3.8) is 0 Å². The summed E-state index contributed by atoms with van der Waals surface area (Å²) in [6, 6.07) is 0. The van der Waals surface area contributed by atoms with Gasteiger partial charge in [0.25, 0.3) is 0 Å². The van der Waals surface area contributed by atoms with Crippen molar-refractivity contribution in [2.75, 3.05) is 13.7 Å². The second-order valence-corrected chi connectivity index (χ2v) is 3.48. The number of aliphatic imine (C=N–C) groups is 1. The van der Waals surface area contributed by atoms with E-state index in [2.05, 4.69) is 10.4 Å². The SMILES string of the molecule is CCN=C(CC1(OC)CCC1)NN. The maximum atomic E-state index is 5.48. The highest BCUT2D eigenvalue weighted by molar-refractivity contribution is 5.82. The van der Waals surface area contributed by atoms with Gasteiger partial charge in [0.2, 0.25) is 0 Å². The Bertz CT molecular complexity index is 182. The molecule has 1 saturated carbocycles. The molecule has 1 rings (SSSR count). The first kappa shape index (κ1) is 10.5. The molecule has 0 aliphatic heterocycles. The third-order valence-electron chi connectivity index (χ3n) is 2.70. The van der Waals surface area contributed by atoms with Gasteiger partial charge >= 0.3 is 0 Å². The van der Waals surface area contributed by atoms with Crippen LogP contribution in [0.3, 0.4) is 0 Å². The van der Waals surface area contributed by atoms with Crippen LogP contribution in [-0.4, -0.2) is 25.1 Å². The van der Waals surface area contributed by atoms with Gasteiger partial charge in [-0.05, 0) is 26.2 Å². The minimum atomic E-state index is 0.0143. The summed E-state index contributed by atoms with van der Waals surface area (Å²) in [4.78, 5) is 4.26. The minimum Gasteiger partial charge on any atom is -0.378 e. The lowest BCUT2D eigenvalue weighted by Gasteiger charge is -2.40. The number of nitrogens with zero attached hydrogens (tertiary/aromatic N) is 1. The zero-order valence-electron chi connectivity index (χ0n) is 8.47. The number of nitrogens with two attached hydrogens (primary N) is 1. The van der Waals surface area contributed by atoms with Gasteiger partial charge < -0.3 is 10.2 Å². The molecule has 0 spiro atoms. The highest BCUT2D eigenvalue weighted by atomic mass is 16.5. The third-order valence-corrected chi connectivity index (χ3v) is 2.70. The summed E-state index contributed by atoms with van der Waals surface area (Å²) in [5.74, 6) is 6.21. The molecule has 0 aromatic carbocycles. The summed E-state index contributed by atoms with van der Waals surface area (Å²) in [5, 5.41) is 0. The smallest absolute Gasteiger partial charge is 0.113 e. The van der Waals surface area contributed by atoms with Crippen LogP contribution in [-0.2, 0) is 4.74 Å². The molecule has 1 fully saturated rings. The minimum absolute atomic E-state index is 0.0143. The number of methoxy groups -OCH3 is 1. The Morgan fingerprint density at radius 3 is 2.62 bits per heavy atom. The number of hydrogen-bond donors (Lipinski definition) is 2. The molecule has 0 atom stereocenters. The summed E-state index contributed by atoms with van der Waals surface area (Å²) in [6.45, 7) is 2.76. The number of hydrazine groups is 1. The van der Waals surface area contributed by atoms with Crippen molar-refractivity contribution >= 4 is 5.84 Å². The van der Waals surface area contributed by atoms with Crippen LogP contribution >= 0.6 is 0 Å². The predicted octanol–water partition coefficient (Wildman–Crippen LogP) is 0.827. The maximum Gasteiger partial charge on any atom is 0.113 e. The fourth-order valence-corrected chi connectivity index (χ4v) is 1.67. The van der Waals surface area contributed by atoms with Gasteiger partial charge in [0.05, 0.1) is 5.60 Å². The Balaban J connectivity index is 2.48. The van der Waals surface area contributed by atoms with Gasteiger partial charge in [-0.25, -0.2) is 5.84 Å². The third kappa shape index (κ3) is 2.42. The highest BCUT2D eigenvalue weighted by Crippen LogP contribution is 2.37. The van der Waals surface area contributed by atoms with Gasteiger partial charge in [0, 0.05) is 20.1 Å². The fourth-order valence-electron chi connectivity index (χ4n) is 1.67. The Hall–Kier alpha value is -0.610. The molecule has 1 aliphatic carbocycles. The van der Waals surface area contributed by atoms with Crippen LogP contribution in [0.2, 0.25) is 0 Å². The van der Waals surface area contributed by atoms with Gasteiger partial charge in [-0.15, -0.1) is 0 Å². The number of amidine groups is 1.